The van der Waals surface area contributed by atoms with Gasteiger partial charge in [0.15, 0.2) is 0 Å². The van der Waals surface area contributed by atoms with Crippen LogP contribution in [-0.4, -0.2) is 22.3 Å². The molecule has 2 rings (SSSR count). The van der Waals surface area contributed by atoms with Crippen molar-refractivity contribution in [2.24, 2.45) is 0 Å². The normalized spacial score (nSPS) is 18.3. The molecule has 4 nitrogen and oxygen atoms in total. The zero-order valence-electron chi connectivity index (χ0n) is 12.7. The predicted molar refractivity (Wildman–Crippen MR) is 84.8 cm³/mol. The quantitative estimate of drug-likeness (QED) is 0.662. The number of rotatable bonds is 4. The van der Waals surface area contributed by atoms with Crippen molar-refractivity contribution in [1.29, 1.82) is 0 Å². The molecule has 2 N–H and O–H groups in total. The lowest BCUT2D eigenvalue weighted by Crippen LogP contribution is -2.27. The topological polar surface area (TPSA) is 66.8 Å². The number of aliphatic hydroxyl groups excluding tert-OH is 1. The van der Waals surface area contributed by atoms with Gasteiger partial charge in [0, 0.05) is 6.42 Å². The number of hydrogen-bond donors (Lipinski definition) is 2. The minimum absolute atomic E-state index is 0.134. The van der Waals surface area contributed by atoms with Gasteiger partial charge in [-0.15, -0.1) is 0 Å². The van der Waals surface area contributed by atoms with Crippen LogP contribution in [0.4, 0.5) is 0 Å². The summed E-state index contributed by atoms with van der Waals surface area (Å²) in [5.41, 5.74) is 2.41. The number of aromatic hydroxyl groups is 1. The van der Waals surface area contributed by atoms with Crippen molar-refractivity contribution in [3.63, 3.8) is 0 Å². The van der Waals surface area contributed by atoms with Crippen molar-refractivity contribution >= 4 is 5.97 Å². The van der Waals surface area contributed by atoms with Gasteiger partial charge >= 0.3 is 5.97 Å². The molecule has 1 aromatic carbocycles. The number of fused-ring (bicyclic) bond motifs is 1. The number of benzene rings is 1. The van der Waals surface area contributed by atoms with Gasteiger partial charge in [0.05, 0.1) is 6.61 Å². The maximum absolute atomic E-state index is 12.1. The standard InChI is InChI=1S/C18H20O4/c1-3-4-5-6-7-8-14-10-15-12(2)13(11-19)9-16(20)17(15)18(21)22-14/h3-9,14,19-20H,10-11H2,1-2H3. The molecule has 1 heterocycles. The van der Waals surface area contributed by atoms with Crippen molar-refractivity contribution in [3.8, 4) is 5.75 Å². The number of ether oxygens (including phenoxy) is 1. The van der Waals surface area contributed by atoms with E-state index in [1.54, 1.807) is 0 Å². The van der Waals surface area contributed by atoms with Gasteiger partial charge in [-0.05, 0) is 42.7 Å². The Morgan fingerprint density at radius 2 is 2.05 bits per heavy atom. The van der Waals surface area contributed by atoms with Crippen LogP contribution in [0.5, 0.6) is 5.75 Å². The van der Waals surface area contributed by atoms with Crippen molar-refractivity contribution in [1.82, 2.24) is 0 Å². The van der Waals surface area contributed by atoms with Crippen LogP contribution in [0.3, 0.4) is 0 Å². The molecule has 4 heteroatoms. The molecule has 0 saturated heterocycles. The molecule has 0 amide bonds. The highest BCUT2D eigenvalue weighted by Crippen LogP contribution is 2.33. The Hall–Kier alpha value is -2.33. The molecule has 22 heavy (non-hydrogen) atoms. The minimum atomic E-state index is -0.529. The zero-order valence-corrected chi connectivity index (χ0v) is 12.7. The number of cyclic esters (lactones) is 1. The van der Waals surface area contributed by atoms with Crippen LogP contribution in [0, 0.1) is 6.92 Å². The van der Waals surface area contributed by atoms with E-state index in [2.05, 4.69) is 0 Å². The van der Waals surface area contributed by atoms with Gasteiger partial charge in [-0.3, -0.25) is 0 Å². The number of aliphatic hydroxyl groups is 1. The molecule has 0 fully saturated rings. The van der Waals surface area contributed by atoms with Gasteiger partial charge in [-0.2, -0.15) is 0 Å². The molecule has 1 atom stereocenters. The Labute approximate surface area is 130 Å². The first-order chi connectivity index (χ1) is 10.6. The highest BCUT2D eigenvalue weighted by atomic mass is 16.5. The first kappa shape index (κ1) is 16.0. The lowest BCUT2D eigenvalue weighted by molar-refractivity contribution is 0.0352. The Morgan fingerprint density at radius 3 is 2.73 bits per heavy atom. The Bertz CT molecular complexity index is 654. The van der Waals surface area contributed by atoms with E-state index in [1.165, 1.54) is 6.07 Å². The largest absolute Gasteiger partial charge is 0.507 e. The number of carbonyl (C=O) groups is 1. The lowest BCUT2D eigenvalue weighted by Gasteiger charge is -2.25. The van der Waals surface area contributed by atoms with Gasteiger partial charge in [-0.1, -0.05) is 30.4 Å². The molecular formula is C18H20O4. The Morgan fingerprint density at radius 1 is 1.32 bits per heavy atom. The molecule has 1 aromatic rings. The fraction of sp³-hybridized carbons (Fsp3) is 0.278. The Kier molecular flexibility index (Phi) is 5.17. The monoisotopic (exact) mass is 300 g/mol. The molecule has 0 bridgehead atoms. The lowest BCUT2D eigenvalue weighted by atomic mass is 9.90. The number of hydrogen-bond acceptors (Lipinski definition) is 4. The third kappa shape index (κ3) is 3.28. The highest BCUT2D eigenvalue weighted by molar-refractivity contribution is 5.96. The average Bonchev–Trinajstić information content (AvgIpc) is 2.50. The second-order valence-corrected chi connectivity index (χ2v) is 5.13. The summed E-state index contributed by atoms with van der Waals surface area (Å²) in [6, 6.07) is 1.42. The van der Waals surface area contributed by atoms with Crippen LogP contribution >= 0.6 is 0 Å². The molecule has 1 aliphatic rings. The second-order valence-electron chi connectivity index (χ2n) is 5.13. The summed E-state index contributed by atoms with van der Waals surface area (Å²) in [6.45, 7) is 3.60. The van der Waals surface area contributed by atoms with Gasteiger partial charge in [0.25, 0.3) is 0 Å². The van der Waals surface area contributed by atoms with E-state index in [9.17, 15) is 15.0 Å². The van der Waals surface area contributed by atoms with E-state index in [4.69, 9.17) is 4.74 Å². The first-order valence-corrected chi connectivity index (χ1v) is 7.20. The number of esters is 1. The molecule has 1 unspecified atom stereocenters. The van der Waals surface area contributed by atoms with E-state index in [0.29, 0.717) is 12.0 Å². The number of carbonyl (C=O) groups excluding carboxylic acids is 1. The van der Waals surface area contributed by atoms with E-state index in [-0.39, 0.29) is 24.0 Å². The number of phenols is 1. The predicted octanol–water partition coefficient (Wildman–Crippen LogP) is 2.96. The molecule has 0 aromatic heterocycles. The van der Waals surface area contributed by atoms with Crippen LogP contribution in [0.2, 0.25) is 0 Å². The summed E-state index contributed by atoms with van der Waals surface area (Å²) in [7, 11) is 0. The maximum Gasteiger partial charge on any atom is 0.342 e. The van der Waals surface area contributed by atoms with Gasteiger partial charge in [0.1, 0.15) is 17.4 Å². The smallest absolute Gasteiger partial charge is 0.342 e. The molecule has 0 aliphatic carbocycles. The van der Waals surface area contributed by atoms with E-state index in [1.807, 2.05) is 50.3 Å². The first-order valence-electron chi connectivity index (χ1n) is 7.20. The summed E-state index contributed by atoms with van der Waals surface area (Å²) < 4.78 is 5.33. The van der Waals surface area contributed by atoms with E-state index in [0.717, 1.165) is 11.1 Å². The Balaban J connectivity index is 2.29. The van der Waals surface area contributed by atoms with E-state index >= 15 is 0 Å². The summed E-state index contributed by atoms with van der Waals surface area (Å²) in [4.78, 5) is 12.1. The molecule has 116 valence electrons. The van der Waals surface area contributed by atoms with Crippen molar-refractivity contribution < 1.29 is 19.7 Å². The fourth-order valence-electron chi connectivity index (χ4n) is 2.50. The average molecular weight is 300 g/mol. The number of allylic oxidation sites excluding steroid dienone is 5. The van der Waals surface area contributed by atoms with Crippen molar-refractivity contribution in [2.75, 3.05) is 0 Å². The van der Waals surface area contributed by atoms with Crippen molar-refractivity contribution in [3.05, 3.63) is 64.8 Å². The summed E-state index contributed by atoms with van der Waals surface area (Å²) in [5.74, 6) is -0.663. The van der Waals surface area contributed by atoms with Gasteiger partial charge in [0.2, 0.25) is 0 Å². The highest BCUT2D eigenvalue weighted by Gasteiger charge is 2.30. The van der Waals surface area contributed by atoms with Crippen LogP contribution in [0.25, 0.3) is 0 Å². The summed E-state index contributed by atoms with van der Waals surface area (Å²) >= 11 is 0. The van der Waals surface area contributed by atoms with Crippen molar-refractivity contribution in [2.45, 2.75) is 33.0 Å². The zero-order chi connectivity index (χ0) is 16.1. The molecule has 0 radical (unpaired) electrons. The third-order valence-electron chi connectivity index (χ3n) is 3.69. The fourth-order valence-corrected chi connectivity index (χ4v) is 2.50. The van der Waals surface area contributed by atoms with Gasteiger partial charge in [-0.25, -0.2) is 4.79 Å². The molecule has 0 saturated carbocycles. The second kappa shape index (κ2) is 7.09. The SMILES string of the molecule is CC=CC=CC=CC1Cc2c(C)c(CO)cc(O)c2C(=O)O1. The maximum atomic E-state index is 12.1. The van der Waals surface area contributed by atoms with Crippen LogP contribution in [0.15, 0.2) is 42.5 Å². The molecular weight excluding hydrogens is 280 g/mol. The van der Waals surface area contributed by atoms with Crippen LogP contribution in [0.1, 0.15) is 34.0 Å². The number of phenolic OH excluding ortho intramolecular Hbond substituents is 1. The summed E-state index contributed by atoms with van der Waals surface area (Å²) in [6.07, 6.45) is 11.3. The summed E-state index contributed by atoms with van der Waals surface area (Å²) in [5, 5.41) is 19.3. The van der Waals surface area contributed by atoms with Crippen LogP contribution < -0.4 is 0 Å². The van der Waals surface area contributed by atoms with Crippen LogP contribution in [-0.2, 0) is 17.8 Å². The minimum Gasteiger partial charge on any atom is -0.507 e. The molecule has 1 aliphatic heterocycles. The van der Waals surface area contributed by atoms with Gasteiger partial charge < -0.3 is 14.9 Å². The third-order valence-corrected chi connectivity index (χ3v) is 3.69. The van der Waals surface area contributed by atoms with E-state index < -0.39 is 5.97 Å². The molecule has 0 spiro atoms.